The van der Waals surface area contributed by atoms with E-state index in [0.717, 1.165) is 10.2 Å². The van der Waals surface area contributed by atoms with Crippen molar-refractivity contribution in [3.63, 3.8) is 0 Å². The van der Waals surface area contributed by atoms with Crippen molar-refractivity contribution in [2.45, 2.75) is 33.8 Å². The number of aryl methyl sites for hydroxylation is 1. The van der Waals surface area contributed by atoms with Crippen LogP contribution in [0.15, 0.2) is 10.5 Å². The van der Waals surface area contributed by atoms with Crippen LogP contribution in [0.25, 0.3) is 0 Å². The van der Waals surface area contributed by atoms with Crippen molar-refractivity contribution >= 4 is 15.9 Å². The molecular weight excluding hydrogens is 254 g/mol. The summed E-state index contributed by atoms with van der Waals surface area (Å²) in [5.74, 6) is 0.936. The summed E-state index contributed by atoms with van der Waals surface area (Å²) in [7, 11) is 0. The van der Waals surface area contributed by atoms with Crippen LogP contribution in [-0.2, 0) is 0 Å². The Hall–Kier alpha value is -0.540. The zero-order valence-electron chi connectivity index (χ0n) is 9.73. The Bertz CT molecular complexity index is 363. The van der Waals surface area contributed by atoms with Gasteiger partial charge >= 0.3 is 0 Å². The fourth-order valence-corrected chi connectivity index (χ4v) is 1.81. The second-order valence-electron chi connectivity index (χ2n) is 3.92. The lowest BCUT2D eigenvalue weighted by Crippen LogP contribution is -2.23. The standard InChI is InChI=1S/C12H18BrNO/c1-7-5-11(15-8(2)6-14)9(3)10(4)12(7)13/h5,8H,6,14H2,1-4H3. The molecular formula is C12H18BrNO. The third-order valence-electron chi connectivity index (χ3n) is 2.62. The second kappa shape index (κ2) is 4.99. The first-order valence-corrected chi connectivity index (χ1v) is 5.89. The van der Waals surface area contributed by atoms with E-state index in [-0.39, 0.29) is 6.10 Å². The van der Waals surface area contributed by atoms with Gasteiger partial charge in [0.2, 0.25) is 0 Å². The first-order valence-electron chi connectivity index (χ1n) is 5.10. The molecule has 84 valence electrons. The third kappa shape index (κ3) is 2.73. The van der Waals surface area contributed by atoms with Gasteiger partial charge in [-0.3, -0.25) is 0 Å². The maximum atomic E-state index is 5.77. The predicted octanol–water partition coefficient (Wildman–Crippen LogP) is 3.10. The van der Waals surface area contributed by atoms with Crippen LogP contribution in [-0.4, -0.2) is 12.6 Å². The molecule has 0 aliphatic heterocycles. The minimum atomic E-state index is 0.0590. The lowest BCUT2D eigenvalue weighted by Gasteiger charge is -2.18. The molecule has 0 radical (unpaired) electrons. The molecule has 0 aliphatic rings. The van der Waals surface area contributed by atoms with E-state index in [4.69, 9.17) is 10.5 Å². The quantitative estimate of drug-likeness (QED) is 0.917. The van der Waals surface area contributed by atoms with Gasteiger partial charge < -0.3 is 10.5 Å². The van der Waals surface area contributed by atoms with E-state index in [1.807, 2.05) is 6.92 Å². The lowest BCUT2D eigenvalue weighted by atomic mass is 10.1. The largest absolute Gasteiger partial charge is 0.489 e. The number of hydrogen-bond donors (Lipinski definition) is 1. The van der Waals surface area contributed by atoms with Crippen LogP contribution in [0.1, 0.15) is 23.6 Å². The summed E-state index contributed by atoms with van der Waals surface area (Å²) in [6.45, 7) is 8.74. The predicted molar refractivity (Wildman–Crippen MR) is 67.5 cm³/mol. The molecule has 2 nitrogen and oxygen atoms in total. The topological polar surface area (TPSA) is 35.2 Å². The molecule has 0 saturated carbocycles. The van der Waals surface area contributed by atoms with Gasteiger partial charge in [-0.1, -0.05) is 15.9 Å². The monoisotopic (exact) mass is 271 g/mol. The molecule has 0 amide bonds. The van der Waals surface area contributed by atoms with Crippen LogP contribution in [0.5, 0.6) is 5.75 Å². The van der Waals surface area contributed by atoms with Gasteiger partial charge in [-0.25, -0.2) is 0 Å². The van der Waals surface area contributed by atoms with E-state index >= 15 is 0 Å². The van der Waals surface area contributed by atoms with Gasteiger partial charge in [0.15, 0.2) is 0 Å². The molecule has 0 spiro atoms. The molecule has 0 saturated heterocycles. The summed E-state index contributed by atoms with van der Waals surface area (Å²) in [5.41, 5.74) is 9.14. The summed E-state index contributed by atoms with van der Waals surface area (Å²) in [4.78, 5) is 0. The van der Waals surface area contributed by atoms with E-state index in [9.17, 15) is 0 Å². The van der Waals surface area contributed by atoms with Gasteiger partial charge in [0, 0.05) is 11.0 Å². The molecule has 15 heavy (non-hydrogen) atoms. The molecule has 0 fully saturated rings. The molecule has 0 bridgehead atoms. The van der Waals surface area contributed by atoms with E-state index in [1.54, 1.807) is 0 Å². The van der Waals surface area contributed by atoms with Gasteiger partial charge in [-0.15, -0.1) is 0 Å². The highest BCUT2D eigenvalue weighted by molar-refractivity contribution is 9.10. The van der Waals surface area contributed by atoms with E-state index < -0.39 is 0 Å². The normalized spacial score (nSPS) is 12.7. The summed E-state index contributed by atoms with van der Waals surface area (Å²) in [6.07, 6.45) is 0.0590. The van der Waals surface area contributed by atoms with Crippen molar-refractivity contribution in [1.82, 2.24) is 0 Å². The molecule has 1 aromatic rings. The summed E-state index contributed by atoms with van der Waals surface area (Å²) >= 11 is 3.57. The molecule has 0 aliphatic carbocycles. The maximum absolute atomic E-state index is 5.77. The Balaban J connectivity index is 3.09. The SMILES string of the molecule is Cc1cc(OC(C)CN)c(C)c(C)c1Br. The zero-order chi connectivity index (χ0) is 11.6. The first-order chi connectivity index (χ1) is 6.97. The number of ether oxygens (including phenoxy) is 1. The summed E-state index contributed by atoms with van der Waals surface area (Å²) in [5, 5.41) is 0. The second-order valence-corrected chi connectivity index (χ2v) is 4.71. The smallest absolute Gasteiger partial charge is 0.123 e. The molecule has 3 heteroatoms. The molecule has 1 unspecified atom stereocenters. The van der Waals surface area contributed by atoms with Crippen molar-refractivity contribution in [3.05, 3.63) is 27.2 Å². The Morgan fingerprint density at radius 1 is 1.33 bits per heavy atom. The van der Waals surface area contributed by atoms with Crippen LogP contribution >= 0.6 is 15.9 Å². The number of halogens is 1. The average molecular weight is 272 g/mol. The Morgan fingerprint density at radius 2 is 1.93 bits per heavy atom. The molecule has 0 aromatic heterocycles. The molecule has 0 heterocycles. The van der Waals surface area contributed by atoms with Crippen LogP contribution in [0.3, 0.4) is 0 Å². The van der Waals surface area contributed by atoms with Crippen LogP contribution in [0, 0.1) is 20.8 Å². The van der Waals surface area contributed by atoms with Gasteiger partial charge in [-0.05, 0) is 50.5 Å². The van der Waals surface area contributed by atoms with E-state index in [0.29, 0.717) is 6.54 Å². The average Bonchev–Trinajstić information content (AvgIpc) is 2.22. The number of nitrogens with two attached hydrogens (primary N) is 1. The Labute approximate surface area is 99.9 Å². The van der Waals surface area contributed by atoms with E-state index in [2.05, 4.69) is 42.8 Å². The third-order valence-corrected chi connectivity index (χ3v) is 3.84. The first kappa shape index (κ1) is 12.5. The highest BCUT2D eigenvalue weighted by Crippen LogP contribution is 2.31. The number of benzene rings is 1. The van der Waals surface area contributed by atoms with Crippen molar-refractivity contribution < 1.29 is 4.74 Å². The Kier molecular flexibility index (Phi) is 4.17. The van der Waals surface area contributed by atoms with Crippen molar-refractivity contribution in [2.75, 3.05) is 6.54 Å². The zero-order valence-corrected chi connectivity index (χ0v) is 11.3. The maximum Gasteiger partial charge on any atom is 0.123 e. The summed E-state index contributed by atoms with van der Waals surface area (Å²) < 4.78 is 6.93. The molecule has 1 aromatic carbocycles. The minimum absolute atomic E-state index is 0.0590. The Morgan fingerprint density at radius 3 is 2.47 bits per heavy atom. The van der Waals surface area contributed by atoms with Gasteiger partial charge in [0.1, 0.15) is 11.9 Å². The van der Waals surface area contributed by atoms with Crippen molar-refractivity contribution in [2.24, 2.45) is 5.73 Å². The summed E-state index contributed by atoms with van der Waals surface area (Å²) in [6, 6.07) is 2.05. The van der Waals surface area contributed by atoms with Gasteiger partial charge in [-0.2, -0.15) is 0 Å². The highest BCUT2D eigenvalue weighted by Gasteiger charge is 2.10. The lowest BCUT2D eigenvalue weighted by molar-refractivity contribution is 0.228. The van der Waals surface area contributed by atoms with Crippen LogP contribution < -0.4 is 10.5 Å². The fourth-order valence-electron chi connectivity index (χ4n) is 1.40. The number of hydrogen-bond acceptors (Lipinski definition) is 2. The van der Waals surface area contributed by atoms with Gasteiger partial charge in [0.05, 0.1) is 0 Å². The molecule has 1 atom stereocenters. The van der Waals surface area contributed by atoms with Crippen LogP contribution in [0.2, 0.25) is 0 Å². The van der Waals surface area contributed by atoms with Crippen molar-refractivity contribution in [3.8, 4) is 5.75 Å². The fraction of sp³-hybridized carbons (Fsp3) is 0.500. The van der Waals surface area contributed by atoms with Crippen LogP contribution in [0.4, 0.5) is 0 Å². The number of rotatable bonds is 3. The highest BCUT2D eigenvalue weighted by atomic mass is 79.9. The molecule has 1 rings (SSSR count). The van der Waals surface area contributed by atoms with E-state index in [1.165, 1.54) is 16.7 Å². The van der Waals surface area contributed by atoms with Crippen molar-refractivity contribution in [1.29, 1.82) is 0 Å². The minimum Gasteiger partial charge on any atom is -0.489 e. The van der Waals surface area contributed by atoms with Gasteiger partial charge in [0.25, 0.3) is 0 Å². The molecule has 2 N–H and O–H groups in total.